The van der Waals surface area contributed by atoms with Gasteiger partial charge >= 0.3 is 0 Å². The van der Waals surface area contributed by atoms with Crippen LogP contribution in [0.5, 0.6) is 0 Å². The van der Waals surface area contributed by atoms with E-state index in [0.717, 1.165) is 48.0 Å². The number of nitrogens with one attached hydrogen (secondary N) is 1. The third-order valence-electron chi connectivity index (χ3n) is 5.34. The van der Waals surface area contributed by atoms with Gasteiger partial charge in [-0.1, -0.05) is 13.8 Å². The molecular formula is C17H25N7. The van der Waals surface area contributed by atoms with Crippen molar-refractivity contribution >= 4 is 5.95 Å². The summed E-state index contributed by atoms with van der Waals surface area (Å²) in [5.41, 5.74) is 1.85. The zero-order chi connectivity index (χ0) is 16.8. The van der Waals surface area contributed by atoms with Gasteiger partial charge in [-0.3, -0.25) is 5.10 Å². The van der Waals surface area contributed by atoms with Crippen LogP contribution in [0, 0.1) is 25.7 Å². The van der Waals surface area contributed by atoms with Gasteiger partial charge in [-0.15, -0.1) is 5.10 Å². The van der Waals surface area contributed by atoms with Crippen LogP contribution in [0.1, 0.15) is 61.6 Å². The number of aromatic amines is 1. The van der Waals surface area contributed by atoms with Crippen molar-refractivity contribution in [3.8, 4) is 0 Å². The zero-order valence-corrected chi connectivity index (χ0v) is 14.8. The Hall–Kier alpha value is -2.05. The summed E-state index contributed by atoms with van der Waals surface area (Å²) in [7, 11) is 0. The summed E-state index contributed by atoms with van der Waals surface area (Å²) in [6.45, 7) is 10.1. The lowest BCUT2D eigenvalue weighted by atomic mass is 9.91. The number of aryl methyl sites for hydroxylation is 2. The summed E-state index contributed by atoms with van der Waals surface area (Å²) in [6, 6.07) is 0. The highest BCUT2D eigenvalue weighted by Crippen LogP contribution is 2.47. The first-order valence-electron chi connectivity index (χ1n) is 8.88. The van der Waals surface area contributed by atoms with E-state index >= 15 is 0 Å². The Bertz CT molecular complexity index is 734. The zero-order valence-electron chi connectivity index (χ0n) is 14.8. The third kappa shape index (κ3) is 2.76. The monoisotopic (exact) mass is 327 g/mol. The molecule has 2 atom stereocenters. The van der Waals surface area contributed by atoms with Crippen molar-refractivity contribution in [3.63, 3.8) is 0 Å². The minimum Gasteiger partial charge on any atom is -0.338 e. The second-order valence-corrected chi connectivity index (χ2v) is 7.53. The molecule has 2 aliphatic rings. The van der Waals surface area contributed by atoms with Crippen LogP contribution >= 0.6 is 0 Å². The molecule has 7 nitrogen and oxygen atoms in total. The minimum absolute atomic E-state index is 0.346. The van der Waals surface area contributed by atoms with E-state index in [-0.39, 0.29) is 0 Å². The number of anilines is 1. The molecule has 3 heterocycles. The highest BCUT2D eigenvalue weighted by atomic mass is 15.3. The van der Waals surface area contributed by atoms with Gasteiger partial charge in [0.25, 0.3) is 0 Å². The van der Waals surface area contributed by atoms with Crippen LogP contribution in [0.4, 0.5) is 5.95 Å². The minimum atomic E-state index is 0.346. The van der Waals surface area contributed by atoms with Gasteiger partial charge in [-0.25, -0.2) is 9.97 Å². The first-order valence-corrected chi connectivity index (χ1v) is 8.88. The second-order valence-electron chi connectivity index (χ2n) is 7.53. The predicted octanol–water partition coefficient (Wildman–Crippen LogP) is 2.36. The van der Waals surface area contributed by atoms with Gasteiger partial charge in [0, 0.05) is 24.9 Å². The smallest absolute Gasteiger partial charge is 0.245 e. The largest absolute Gasteiger partial charge is 0.338 e. The summed E-state index contributed by atoms with van der Waals surface area (Å²) < 4.78 is 0. The van der Waals surface area contributed by atoms with Crippen LogP contribution < -0.4 is 4.90 Å². The Kier molecular flexibility index (Phi) is 3.73. The van der Waals surface area contributed by atoms with Crippen molar-refractivity contribution in [1.82, 2.24) is 30.4 Å². The average molecular weight is 327 g/mol. The van der Waals surface area contributed by atoms with Gasteiger partial charge in [0.15, 0.2) is 5.82 Å². The number of nitrogens with zero attached hydrogens (tertiary/aromatic N) is 6. The molecular weight excluding hydrogens is 302 g/mol. The number of H-pyrrole nitrogens is 1. The topological polar surface area (TPSA) is 83.5 Å². The average Bonchev–Trinajstić information content (AvgIpc) is 3.11. The molecule has 0 amide bonds. The molecule has 2 aromatic rings. The standard InChI is InChI=1S/C17H25N7/c1-9(2)15-19-16(22-21-15)14-8-24(7-13(14)12-5-6-12)17-18-10(3)11(4)20-23-17/h9,12-14H,5-8H2,1-4H3,(H,19,21,22)/t13-,14+/m1/s1. The van der Waals surface area contributed by atoms with Crippen molar-refractivity contribution in [2.45, 2.75) is 52.4 Å². The van der Waals surface area contributed by atoms with Crippen LogP contribution in [0.2, 0.25) is 0 Å². The molecule has 1 aliphatic carbocycles. The molecule has 2 aromatic heterocycles. The van der Waals surface area contributed by atoms with Crippen LogP contribution in [0.25, 0.3) is 0 Å². The Morgan fingerprint density at radius 3 is 2.46 bits per heavy atom. The third-order valence-corrected chi connectivity index (χ3v) is 5.34. The molecule has 1 saturated heterocycles. The summed E-state index contributed by atoms with van der Waals surface area (Å²) in [4.78, 5) is 11.7. The molecule has 24 heavy (non-hydrogen) atoms. The molecule has 4 rings (SSSR count). The molecule has 0 bridgehead atoms. The highest BCUT2D eigenvalue weighted by molar-refractivity contribution is 5.35. The maximum Gasteiger partial charge on any atom is 0.245 e. The summed E-state index contributed by atoms with van der Waals surface area (Å²) >= 11 is 0. The van der Waals surface area contributed by atoms with E-state index in [2.05, 4.69) is 44.1 Å². The van der Waals surface area contributed by atoms with Crippen LogP contribution in [0.15, 0.2) is 0 Å². The molecule has 0 aromatic carbocycles. The fraction of sp³-hybridized carbons (Fsp3) is 0.706. The lowest BCUT2D eigenvalue weighted by Crippen LogP contribution is -2.23. The molecule has 0 unspecified atom stereocenters. The molecule has 0 radical (unpaired) electrons. The normalized spacial score (nSPS) is 24.1. The SMILES string of the molecule is Cc1nnc(N2C[C@H](c3nc(C(C)C)n[nH]3)[C@@H](C3CC3)C2)nc1C. The molecule has 128 valence electrons. The molecule has 7 heteroatoms. The second kappa shape index (κ2) is 5.79. The van der Waals surface area contributed by atoms with E-state index in [1.807, 2.05) is 13.8 Å². The van der Waals surface area contributed by atoms with Gasteiger partial charge in [0.1, 0.15) is 5.82 Å². The van der Waals surface area contributed by atoms with E-state index in [0.29, 0.717) is 17.8 Å². The maximum atomic E-state index is 4.76. The van der Waals surface area contributed by atoms with Crippen molar-refractivity contribution in [3.05, 3.63) is 23.0 Å². The first-order chi connectivity index (χ1) is 11.5. The number of hydrogen-bond donors (Lipinski definition) is 1. The van der Waals surface area contributed by atoms with Gasteiger partial charge in [0.05, 0.1) is 11.4 Å². The van der Waals surface area contributed by atoms with Crippen molar-refractivity contribution in [2.24, 2.45) is 11.8 Å². The summed E-state index contributed by atoms with van der Waals surface area (Å²) in [5, 5.41) is 16.1. The van der Waals surface area contributed by atoms with E-state index in [9.17, 15) is 0 Å². The van der Waals surface area contributed by atoms with Gasteiger partial charge in [-0.05, 0) is 38.5 Å². The van der Waals surface area contributed by atoms with Gasteiger partial charge in [0.2, 0.25) is 5.95 Å². The molecule has 1 aliphatic heterocycles. The Morgan fingerprint density at radius 2 is 1.83 bits per heavy atom. The van der Waals surface area contributed by atoms with E-state index in [1.165, 1.54) is 12.8 Å². The van der Waals surface area contributed by atoms with Gasteiger partial charge < -0.3 is 4.90 Å². The number of aromatic nitrogens is 6. The van der Waals surface area contributed by atoms with Crippen LogP contribution in [0.3, 0.4) is 0 Å². The fourth-order valence-electron chi connectivity index (χ4n) is 3.57. The Morgan fingerprint density at radius 1 is 1.04 bits per heavy atom. The first kappa shape index (κ1) is 15.5. The van der Waals surface area contributed by atoms with E-state index in [1.54, 1.807) is 0 Å². The van der Waals surface area contributed by atoms with Crippen molar-refractivity contribution < 1.29 is 0 Å². The highest BCUT2D eigenvalue weighted by Gasteiger charge is 2.45. The molecule has 2 fully saturated rings. The number of rotatable bonds is 4. The predicted molar refractivity (Wildman–Crippen MR) is 90.9 cm³/mol. The van der Waals surface area contributed by atoms with Crippen molar-refractivity contribution in [2.75, 3.05) is 18.0 Å². The summed E-state index contributed by atoms with van der Waals surface area (Å²) in [6.07, 6.45) is 2.65. The lowest BCUT2D eigenvalue weighted by Gasteiger charge is -2.15. The Labute approximate surface area is 142 Å². The van der Waals surface area contributed by atoms with E-state index < -0.39 is 0 Å². The molecule has 1 saturated carbocycles. The molecule has 1 N–H and O–H groups in total. The van der Waals surface area contributed by atoms with E-state index in [4.69, 9.17) is 4.98 Å². The fourth-order valence-corrected chi connectivity index (χ4v) is 3.57. The quantitative estimate of drug-likeness (QED) is 0.928. The molecule has 0 spiro atoms. The lowest BCUT2D eigenvalue weighted by molar-refractivity contribution is 0.444. The Balaban J connectivity index is 1.60. The van der Waals surface area contributed by atoms with Gasteiger partial charge in [-0.2, -0.15) is 10.2 Å². The maximum absolute atomic E-state index is 4.76. The summed E-state index contributed by atoms with van der Waals surface area (Å²) in [5.74, 6) is 4.80. The van der Waals surface area contributed by atoms with Crippen LogP contribution in [-0.4, -0.2) is 43.5 Å². The number of hydrogen-bond acceptors (Lipinski definition) is 6. The van der Waals surface area contributed by atoms with Crippen molar-refractivity contribution in [1.29, 1.82) is 0 Å². The van der Waals surface area contributed by atoms with Crippen LogP contribution in [-0.2, 0) is 0 Å².